The van der Waals surface area contributed by atoms with Crippen molar-refractivity contribution in [1.29, 1.82) is 0 Å². The summed E-state index contributed by atoms with van der Waals surface area (Å²) in [4.78, 5) is 0. The molecule has 2 rings (SSSR count). The maximum absolute atomic E-state index is 2.34. The molecule has 0 nitrogen and oxygen atoms in total. The van der Waals surface area contributed by atoms with Gasteiger partial charge in [-0.15, -0.1) is 0 Å². The molecule has 50 valence electrons. The van der Waals surface area contributed by atoms with Crippen molar-refractivity contribution in [3.63, 3.8) is 0 Å². The second kappa shape index (κ2) is 2.42. The molecule has 1 aromatic carbocycles. The summed E-state index contributed by atoms with van der Waals surface area (Å²) in [5, 5.41) is 1.45. The van der Waals surface area contributed by atoms with Crippen LogP contribution in [-0.4, -0.2) is 20.4 Å². The van der Waals surface area contributed by atoms with Crippen molar-refractivity contribution >= 4 is 29.2 Å². The fourth-order valence-corrected chi connectivity index (χ4v) is 3.59. The monoisotopic (exact) mass is 246 g/mol. The van der Waals surface area contributed by atoms with Crippen molar-refractivity contribution in [2.24, 2.45) is 0 Å². The molecule has 0 spiro atoms. The van der Waals surface area contributed by atoms with Crippen molar-refractivity contribution in [3.05, 3.63) is 33.9 Å². The second-order valence-corrected chi connectivity index (χ2v) is 5.17. The first kappa shape index (κ1) is 6.46. The summed E-state index contributed by atoms with van der Waals surface area (Å²) in [6, 6.07) is 8.97. The van der Waals surface area contributed by atoms with Crippen molar-refractivity contribution < 1.29 is 0 Å². The number of rotatable bonds is 0. The van der Waals surface area contributed by atoms with Crippen molar-refractivity contribution in [3.8, 4) is 0 Å². The maximum atomic E-state index is 2.34. The zero-order valence-corrected chi connectivity index (χ0v) is 8.13. The van der Waals surface area contributed by atoms with E-state index in [0.29, 0.717) is 0 Å². The predicted octanol–water partition coefficient (Wildman–Crippen LogP) is 2.21. The molecule has 0 aliphatic rings. The molecule has 0 fully saturated rings. The summed E-state index contributed by atoms with van der Waals surface area (Å²) in [7, 11) is 0. The molecule has 0 N–H and O–H groups in total. The third kappa shape index (κ3) is 1.00. The first-order chi connectivity index (χ1) is 4.86. The number of hydrogen-bond acceptors (Lipinski definition) is 0. The van der Waals surface area contributed by atoms with Gasteiger partial charge < -0.3 is 0 Å². The Bertz CT molecular complexity index is 346. The molecule has 0 saturated heterocycles. The molecule has 0 unspecified atom stereocenters. The van der Waals surface area contributed by atoms with Gasteiger partial charge in [-0.05, 0) is 0 Å². The summed E-state index contributed by atoms with van der Waals surface area (Å²) in [6.45, 7) is 2.16. The second-order valence-electron chi connectivity index (χ2n) is 2.46. The van der Waals surface area contributed by atoms with Crippen LogP contribution in [0.15, 0.2) is 28.3 Å². The van der Waals surface area contributed by atoms with Gasteiger partial charge in [-0.1, -0.05) is 0 Å². The van der Waals surface area contributed by atoms with E-state index in [2.05, 4.69) is 35.3 Å². The van der Waals surface area contributed by atoms with E-state index < -0.39 is 0 Å². The Balaban J connectivity index is 2.86. The Kier molecular flexibility index (Phi) is 1.56. The molecule has 0 radical (unpaired) electrons. The van der Waals surface area contributed by atoms with Crippen LogP contribution in [0.4, 0.5) is 0 Å². The molecular weight excluding hydrogens is 236 g/mol. The molecule has 0 atom stereocenters. The molecule has 0 aliphatic carbocycles. The van der Waals surface area contributed by atoms with E-state index in [-0.39, 0.29) is 20.4 Å². The van der Waals surface area contributed by atoms with Gasteiger partial charge in [-0.25, -0.2) is 0 Å². The predicted molar refractivity (Wildman–Crippen MR) is 45.6 cm³/mol. The molecule has 0 aliphatic heterocycles. The number of hydrogen-bond donors (Lipinski definition) is 0. The number of benzene rings is 1. The fraction of sp³-hybridized carbons (Fsp3) is 0.111. The van der Waals surface area contributed by atoms with Gasteiger partial charge in [0, 0.05) is 0 Å². The summed E-state index contributed by atoms with van der Waals surface area (Å²) in [6.07, 6.45) is 0. The average molecular weight is 244 g/mol. The first-order valence-corrected chi connectivity index (χ1v) is 5.81. The van der Waals surface area contributed by atoms with Crippen LogP contribution in [0.2, 0.25) is 0 Å². The molecule has 1 aromatic heterocycles. The van der Waals surface area contributed by atoms with Gasteiger partial charge in [0.05, 0.1) is 0 Å². The Morgan fingerprint density at radius 3 is 3.00 bits per heavy atom. The molecule has 10 heavy (non-hydrogen) atoms. The van der Waals surface area contributed by atoms with Gasteiger partial charge in [-0.2, -0.15) is 0 Å². The molecule has 1 heteroatoms. The molecular formula is C9H8Te. The minimum absolute atomic E-state index is 0.0621. The van der Waals surface area contributed by atoms with Crippen LogP contribution in [0.5, 0.6) is 0 Å². The third-order valence-electron chi connectivity index (χ3n) is 1.61. The van der Waals surface area contributed by atoms with Crippen LogP contribution >= 0.6 is 0 Å². The van der Waals surface area contributed by atoms with E-state index in [1.807, 2.05) is 0 Å². The van der Waals surface area contributed by atoms with Gasteiger partial charge in [0.2, 0.25) is 0 Å². The molecule has 0 bridgehead atoms. The van der Waals surface area contributed by atoms with Crippen LogP contribution in [0.25, 0.3) is 8.79 Å². The van der Waals surface area contributed by atoms with Gasteiger partial charge in [-0.3, -0.25) is 0 Å². The van der Waals surface area contributed by atoms with Gasteiger partial charge in [0.1, 0.15) is 0 Å². The summed E-state index contributed by atoms with van der Waals surface area (Å²) >= 11 is 0.0621. The summed E-state index contributed by atoms with van der Waals surface area (Å²) in [5.41, 5.74) is 1.40. The summed E-state index contributed by atoms with van der Waals surface area (Å²) < 4.78 is 3.94. The van der Waals surface area contributed by atoms with E-state index in [1.54, 1.807) is 3.40 Å². The average Bonchev–Trinajstić information content (AvgIpc) is 2.33. The topological polar surface area (TPSA) is 0 Å². The van der Waals surface area contributed by atoms with Crippen LogP contribution in [-0.2, 0) is 0 Å². The van der Waals surface area contributed by atoms with Crippen LogP contribution in [0.3, 0.4) is 0 Å². The van der Waals surface area contributed by atoms with Gasteiger partial charge in [0.15, 0.2) is 0 Å². The standard InChI is InChI=1S/C9H8Te/c1-7-2-3-8-4-5-10-9(8)6-7/h2-6H,1H3. The van der Waals surface area contributed by atoms with E-state index >= 15 is 0 Å². The van der Waals surface area contributed by atoms with Crippen molar-refractivity contribution in [2.75, 3.05) is 0 Å². The fourth-order valence-electron chi connectivity index (χ4n) is 1.06. The molecule has 0 amide bonds. The number of fused-ring (bicyclic) bond motifs is 1. The quantitative estimate of drug-likeness (QED) is 0.623. The third-order valence-corrected chi connectivity index (χ3v) is 4.12. The minimum atomic E-state index is 0.0621. The van der Waals surface area contributed by atoms with E-state index in [1.165, 1.54) is 10.9 Å². The first-order valence-electron chi connectivity index (χ1n) is 3.30. The SMILES string of the molecule is Cc1ccc2cc[te]c2c1. The Morgan fingerprint density at radius 1 is 1.20 bits per heavy atom. The van der Waals surface area contributed by atoms with Gasteiger partial charge >= 0.3 is 70.1 Å². The van der Waals surface area contributed by atoms with E-state index in [4.69, 9.17) is 0 Å². The van der Waals surface area contributed by atoms with Gasteiger partial charge in [0.25, 0.3) is 0 Å². The Labute approximate surface area is 70.1 Å². The zero-order valence-electron chi connectivity index (χ0n) is 5.79. The van der Waals surface area contributed by atoms with Crippen molar-refractivity contribution in [1.82, 2.24) is 0 Å². The van der Waals surface area contributed by atoms with Crippen LogP contribution in [0.1, 0.15) is 5.56 Å². The Hall–Kier alpha value is -0.250. The van der Waals surface area contributed by atoms with E-state index in [0.717, 1.165) is 0 Å². The van der Waals surface area contributed by atoms with E-state index in [9.17, 15) is 0 Å². The normalized spacial score (nSPS) is 10.5. The Morgan fingerprint density at radius 2 is 2.10 bits per heavy atom. The number of aryl methyl sites for hydroxylation is 1. The summed E-state index contributed by atoms with van der Waals surface area (Å²) in [5.74, 6) is 0. The van der Waals surface area contributed by atoms with Crippen molar-refractivity contribution in [2.45, 2.75) is 6.92 Å². The molecule has 0 saturated carbocycles. The van der Waals surface area contributed by atoms with Crippen LogP contribution < -0.4 is 0 Å². The zero-order chi connectivity index (χ0) is 6.97. The molecule has 2 aromatic rings. The van der Waals surface area contributed by atoms with Crippen LogP contribution in [0, 0.1) is 6.92 Å². The molecule has 1 heterocycles.